The first-order valence-corrected chi connectivity index (χ1v) is 14.7. The molecule has 0 saturated carbocycles. The van der Waals surface area contributed by atoms with E-state index in [0.717, 1.165) is 22.1 Å². The van der Waals surface area contributed by atoms with E-state index < -0.39 is 12.1 Å². The highest BCUT2D eigenvalue weighted by molar-refractivity contribution is 7.99. The number of anilines is 1. The molecular formula is C33H36N2O4S. The van der Waals surface area contributed by atoms with Crippen molar-refractivity contribution in [3.63, 3.8) is 0 Å². The van der Waals surface area contributed by atoms with E-state index in [9.17, 15) is 14.4 Å². The van der Waals surface area contributed by atoms with Crippen molar-refractivity contribution < 1.29 is 18.8 Å². The molecule has 208 valence electrons. The Balaban J connectivity index is 1.58. The number of ketones is 1. The maximum atomic E-state index is 13.9. The lowest BCUT2D eigenvalue weighted by molar-refractivity contribution is -0.129. The number of Topliss-reactive ketones (excluding diaryl/α,β-unsaturated/α-hetero) is 1. The molecule has 2 atom stereocenters. The van der Waals surface area contributed by atoms with Gasteiger partial charge in [0, 0.05) is 12.6 Å². The third kappa shape index (κ3) is 7.85. The molecule has 0 radical (unpaired) electrons. The SMILES string of the molecule is CC(=O)N(c1ccc2ccccc2c1)[C@@H](CC(C)C)C(=O)N[C@@H](Cc1ccccc1)C(=O)CSCc1ccco1. The first kappa shape index (κ1) is 29.2. The van der Waals surface area contributed by atoms with Gasteiger partial charge in [0.25, 0.3) is 0 Å². The standard InChI is InChI=1S/C33H36N2O4S/c1-23(2)18-31(35(24(3)36)28-16-15-26-12-7-8-13-27(26)20-28)33(38)34-30(19-25-10-5-4-6-11-25)32(37)22-40-21-29-14-9-17-39-29/h4-17,20,23,30-31H,18-19,21-22H2,1-3H3,(H,34,38)/t30-,31-/m0/s1. The van der Waals surface area contributed by atoms with Gasteiger partial charge in [0.15, 0.2) is 5.78 Å². The molecule has 0 unspecified atom stereocenters. The van der Waals surface area contributed by atoms with Crippen LogP contribution < -0.4 is 10.2 Å². The zero-order valence-corrected chi connectivity index (χ0v) is 24.0. The van der Waals surface area contributed by atoms with E-state index in [1.54, 1.807) is 11.2 Å². The third-order valence-corrected chi connectivity index (χ3v) is 7.69. The molecule has 4 rings (SSSR count). The number of nitrogens with one attached hydrogen (secondary N) is 1. The Morgan fingerprint density at radius 1 is 0.900 bits per heavy atom. The summed E-state index contributed by atoms with van der Waals surface area (Å²) in [7, 11) is 0. The van der Waals surface area contributed by atoms with Crippen molar-refractivity contribution in [1.82, 2.24) is 5.32 Å². The minimum Gasteiger partial charge on any atom is -0.468 e. The number of benzene rings is 3. The summed E-state index contributed by atoms with van der Waals surface area (Å²) >= 11 is 1.45. The largest absolute Gasteiger partial charge is 0.468 e. The average molecular weight is 557 g/mol. The molecule has 0 aliphatic heterocycles. The molecule has 0 saturated heterocycles. The molecule has 4 aromatic rings. The number of carbonyl (C=O) groups is 3. The van der Waals surface area contributed by atoms with Gasteiger partial charge in [-0.1, -0.05) is 74.5 Å². The average Bonchev–Trinajstić information content (AvgIpc) is 3.46. The van der Waals surface area contributed by atoms with E-state index in [4.69, 9.17) is 4.42 Å². The molecule has 2 amide bonds. The smallest absolute Gasteiger partial charge is 0.243 e. The Bertz CT molecular complexity index is 1420. The van der Waals surface area contributed by atoms with E-state index >= 15 is 0 Å². The van der Waals surface area contributed by atoms with Crippen molar-refractivity contribution in [2.24, 2.45) is 5.92 Å². The van der Waals surface area contributed by atoms with Gasteiger partial charge in [0.1, 0.15) is 11.8 Å². The van der Waals surface area contributed by atoms with Crippen molar-refractivity contribution in [1.29, 1.82) is 0 Å². The highest BCUT2D eigenvalue weighted by atomic mass is 32.2. The Labute approximate surface area is 240 Å². The van der Waals surface area contributed by atoms with Crippen molar-refractivity contribution in [2.45, 2.75) is 51.4 Å². The molecule has 3 aromatic carbocycles. The summed E-state index contributed by atoms with van der Waals surface area (Å²) in [5.41, 5.74) is 1.61. The third-order valence-electron chi connectivity index (χ3n) is 6.72. The summed E-state index contributed by atoms with van der Waals surface area (Å²) in [6.45, 7) is 5.53. The number of hydrogen-bond donors (Lipinski definition) is 1. The molecule has 1 aromatic heterocycles. The van der Waals surface area contributed by atoms with Gasteiger partial charge in [-0.05, 0) is 59.4 Å². The molecule has 1 N–H and O–H groups in total. The molecule has 6 nitrogen and oxygen atoms in total. The van der Waals surface area contributed by atoms with E-state index in [-0.39, 0.29) is 29.3 Å². The number of fused-ring (bicyclic) bond motifs is 1. The summed E-state index contributed by atoms with van der Waals surface area (Å²) < 4.78 is 5.38. The van der Waals surface area contributed by atoms with Crippen LogP contribution >= 0.6 is 11.8 Å². The first-order chi connectivity index (χ1) is 19.3. The van der Waals surface area contributed by atoms with E-state index in [0.29, 0.717) is 24.3 Å². The number of furan rings is 1. The predicted molar refractivity (Wildman–Crippen MR) is 162 cm³/mol. The maximum Gasteiger partial charge on any atom is 0.243 e. The van der Waals surface area contributed by atoms with Gasteiger partial charge in [0.2, 0.25) is 11.8 Å². The van der Waals surface area contributed by atoms with Crippen LogP contribution in [-0.4, -0.2) is 35.4 Å². The molecule has 7 heteroatoms. The molecule has 40 heavy (non-hydrogen) atoms. The van der Waals surface area contributed by atoms with Crippen LogP contribution in [0.5, 0.6) is 0 Å². The van der Waals surface area contributed by atoms with Crippen LogP contribution in [-0.2, 0) is 26.6 Å². The first-order valence-electron chi connectivity index (χ1n) is 13.6. The fraction of sp³-hybridized carbons (Fsp3) is 0.303. The van der Waals surface area contributed by atoms with Crippen LogP contribution in [0.3, 0.4) is 0 Å². The minimum atomic E-state index is -0.763. The second-order valence-electron chi connectivity index (χ2n) is 10.4. The van der Waals surface area contributed by atoms with Gasteiger partial charge >= 0.3 is 0 Å². The number of rotatable bonds is 13. The number of hydrogen-bond acceptors (Lipinski definition) is 5. The Morgan fingerprint density at radius 3 is 2.30 bits per heavy atom. The fourth-order valence-electron chi connectivity index (χ4n) is 4.79. The second-order valence-corrected chi connectivity index (χ2v) is 11.3. The molecule has 0 aliphatic carbocycles. The summed E-state index contributed by atoms with van der Waals surface area (Å²) in [5, 5.41) is 5.08. The molecule has 0 aliphatic rings. The summed E-state index contributed by atoms with van der Waals surface area (Å²) in [6, 6.07) is 25.6. The van der Waals surface area contributed by atoms with Crippen molar-refractivity contribution in [3.05, 3.63) is 103 Å². The molecular weight excluding hydrogens is 520 g/mol. The van der Waals surface area contributed by atoms with Crippen molar-refractivity contribution in [2.75, 3.05) is 10.7 Å². The predicted octanol–water partition coefficient (Wildman–Crippen LogP) is 6.43. The van der Waals surface area contributed by atoms with Gasteiger partial charge < -0.3 is 14.6 Å². The van der Waals surface area contributed by atoms with E-state index in [1.807, 2.05) is 98.8 Å². The normalized spacial score (nSPS) is 12.7. The fourth-order valence-corrected chi connectivity index (χ4v) is 5.66. The van der Waals surface area contributed by atoms with Crippen molar-refractivity contribution in [3.8, 4) is 0 Å². The lowest BCUT2D eigenvalue weighted by Crippen LogP contribution is -2.54. The molecule has 0 bridgehead atoms. The van der Waals surface area contributed by atoms with Gasteiger partial charge in [-0.3, -0.25) is 14.4 Å². The van der Waals surface area contributed by atoms with Gasteiger partial charge in [-0.15, -0.1) is 11.8 Å². The number of amides is 2. The monoisotopic (exact) mass is 556 g/mol. The van der Waals surface area contributed by atoms with E-state index in [1.165, 1.54) is 18.7 Å². The summed E-state index contributed by atoms with van der Waals surface area (Å²) in [5.74, 6) is 1.11. The lowest BCUT2D eigenvalue weighted by Gasteiger charge is -2.32. The zero-order chi connectivity index (χ0) is 28.5. The van der Waals surface area contributed by atoms with Crippen LogP contribution in [0.1, 0.15) is 38.5 Å². The number of nitrogens with zero attached hydrogens (tertiary/aromatic N) is 1. The Hall–Kier alpha value is -3.84. The number of thioether (sulfide) groups is 1. The molecule has 0 fully saturated rings. The van der Waals surface area contributed by atoms with Crippen LogP contribution in [0.25, 0.3) is 10.8 Å². The summed E-state index contributed by atoms with van der Waals surface area (Å²) in [6.07, 6.45) is 2.44. The summed E-state index contributed by atoms with van der Waals surface area (Å²) in [4.78, 5) is 42.0. The molecule has 0 spiro atoms. The van der Waals surface area contributed by atoms with Gasteiger partial charge in [-0.2, -0.15) is 0 Å². The molecule has 1 heterocycles. The highest BCUT2D eigenvalue weighted by Crippen LogP contribution is 2.26. The topological polar surface area (TPSA) is 79.6 Å². The van der Waals surface area contributed by atoms with Gasteiger partial charge in [0.05, 0.1) is 23.8 Å². The van der Waals surface area contributed by atoms with Crippen LogP contribution in [0.4, 0.5) is 5.69 Å². The van der Waals surface area contributed by atoms with Crippen LogP contribution in [0.15, 0.2) is 95.6 Å². The quantitative estimate of drug-likeness (QED) is 0.205. The van der Waals surface area contributed by atoms with E-state index in [2.05, 4.69) is 5.32 Å². The van der Waals surface area contributed by atoms with Crippen LogP contribution in [0.2, 0.25) is 0 Å². The Kier molecular flexibility index (Phi) is 10.2. The van der Waals surface area contributed by atoms with Crippen molar-refractivity contribution >= 4 is 45.8 Å². The number of carbonyl (C=O) groups excluding carboxylic acids is 3. The lowest BCUT2D eigenvalue weighted by atomic mass is 9.98. The van der Waals surface area contributed by atoms with Crippen LogP contribution in [0, 0.1) is 5.92 Å². The Morgan fingerprint density at radius 2 is 1.62 bits per heavy atom. The highest BCUT2D eigenvalue weighted by Gasteiger charge is 2.33. The minimum absolute atomic E-state index is 0.0721. The zero-order valence-electron chi connectivity index (χ0n) is 23.2. The maximum absolute atomic E-state index is 13.9. The second kappa shape index (κ2) is 14.0. The van der Waals surface area contributed by atoms with Gasteiger partial charge in [-0.25, -0.2) is 0 Å².